The Labute approximate surface area is 112 Å². The number of hydrogen-bond acceptors (Lipinski definition) is 3. The van der Waals surface area contributed by atoms with Crippen LogP contribution < -0.4 is 15.8 Å². The Morgan fingerprint density at radius 1 is 1.00 bits per heavy atom. The molecule has 0 aromatic heterocycles. The molecule has 2 rings (SSSR count). The van der Waals surface area contributed by atoms with E-state index in [1.54, 1.807) is 0 Å². The lowest BCUT2D eigenvalue weighted by Crippen LogP contribution is -2.11. The van der Waals surface area contributed by atoms with Gasteiger partial charge in [-0.3, -0.25) is 0 Å². The molecule has 0 saturated heterocycles. The van der Waals surface area contributed by atoms with Gasteiger partial charge in [0.2, 0.25) is 0 Å². The molecule has 0 aliphatic rings. The molecular weight excluding hydrogens is 248 g/mol. The van der Waals surface area contributed by atoms with E-state index in [1.807, 2.05) is 48.5 Å². The first-order chi connectivity index (χ1) is 8.74. The van der Waals surface area contributed by atoms with Crippen molar-refractivity contribution < 1.29 is 4.74 Å². The molecule has 0 atom stereocenters. The molecule has 18 heavy (non-hydrogen) atoms. The highest BCUT2D eigenvalue weighted by Gasteiger charge is 1.94. The van der Waals surface area contributed by atoms with E-state index in [2.05, 4.69) is 5.32 Å². The third-order valence-electron chi connectivity index (χ3n) is 2.42. The van der Waals surface area contributed by atoms with Crippen LogP contribution in [0, 0.1) is 0 Å². The Morgan fingerprint density at radius 2 is 1.67 bits per heavy atom. The van der Waals surface area contributed by atoms with E-state index >= 15 is 0 Å². The first-order valence-electron chi connectivity index (χ1n) is 5.72. The molecule has 0 aliphatic heterocycles. The number of halogens is 1. The van der Waals surface area contributed by atoms with E-state index < -0.39 is 0 Å². The minimum Gasteiger partial charge on any atom is -0.492 e. The van der Waals surface area contributed by atoms with Crippen molar-refractivity contribution in [3.8, 4) is 5.75 Å². The molecule has 0 heterocycles. The maximum atomic E-state index is 5.80. The number of benzene rings is 2. The smallest absolute Gasteiger partial charge is 0.119 e. The summed E-state index contributed by atoms with van der Waals surface area (Å²) >= 11 is 5.80. The van der Waals surface area contributed by atoms with Crippen LogP contribution in [-0.4, -0.2) is 13.2 Å². The zero-order chi connectivity index (χ0) is 12.8. The molecule has 94 valence electrons. The van der Waals surface area contributed by atoms with Crippen molar-refractivity contribution in [3.63, 3.8) is 0 Å². The molecule has 3 N–H and O–H groups in total. The van der Waals surface area contributed by atoms with Gasteiger partial charge in [0.05, 0.1) is 0 Å². The summed E-state index contributed by atoms with van der Waals surface area (Å²) in [6.45, 7) is 1.32. The number of nitrogen functional groups attached to an aromatic ring is 1. The fourth-order valence-corrected chi connectivity index (χ4v) is 1.62. The number of nitrogens with one attached hydrogen (secondary N) is 1. The van der Waals surface area contributed by atoms with Crippen LogP contribution >= 0.6 is 11.6 Å². The number of hydrogen-bond donors (Lipinski definition) is 2. The zero-order valence-electron chi connectivity index (χ0n) is 9.90. The van der Waals surface area contributed by atoms with Gasteiger partial charge in [-0.05, 0) is 48.5 Å². The summed E-state index contributed by atoms with van der Waals surface area (Å²) in [5.74, 6) is 0.821. The first kappa shape index (κ1) is 12.6. The van der Waals surface area contributed by atoms with E-state index in [0.717, 1.165) is 28.7 Å². The fraction of sp³-hybridized carbons (Fsp3) is 0.143. The zero-order valence-corrected chi connectivity index (χ0v) is 10.7. The van der Waals surface area contributed by atoms with Crippen molar-refractivity contribution in [1.29, 1.82) is 0 Å². The number of anilines is 2. The summed E-state index contributed by atoms with van der Waals surface area (Å²) in [6.07, 6.45) is 0. The largest absolute Gasteiger partial charge is 0.492 e. The molecule has 0 unspecified atom stereocenters. The molecule has 2 aromatic rings. The van der Waals surface area contributed by atoms with Crippen molar-refractivity contribution in [2.75, 3.05) is 24.2 Å². The highest BCUT2D eigenvalue weighted by molar-refractivity contribution is 6.30. The van der Waals surface area contributed by atoms with E-state index in [9.17, 15) is 0 Å². The third kappa shape index (κ3) is 3.86. The molecule has 0 aliphatic carbocycles. The Hall–Kier alpha value is -1.87. The van der Waals surface area contributed by atoms with Crippen LogP contribution in [0.5, 0.6) is 5.75 Å². The average Bonchev–Trinajstić information content (AvgIpc) is 2.39. The van der Waals surface area contributed by atoms with Crippen LogP contribution in [0.3, 0.4) is 0 Å². The van der Waals surface area contributed by atoms with Gasteiger partial charge in [-0.1, -0.05) is 11.6 Å². The fourth-order valence-electron chi connectivity index (χ4n) is 1.50. The summed E-state index contributed by atoms with van der Waals surface area (Å²) in [5.41, 5.74) is 7.36. The molecule has 0 bridgehead atoms. The molecule has 0 fully saturated rings. The van der Waals surface area contributed by atoms with E-state index in [4.69, 9.17) is 22.1 Å². The van der Waals surface area contributed by atoms with Gasteiger partial charge in [0, 0.05) is 22.9 Å². The van der Waals surface area contributed by atoms with Gasteiger partial charge in [0.25, 0.3) is 0 Å². The minimum atomic E-state index is 0.590. The molecule has 0 amide bonds. The summed E-state index contributed by atoms with van der Waals surface area (Å²) < 4.78 is 5.56. The van der Waals surface area contributed by atoms with E-state index in [0.29, 0.717) is 6.61 Å². The van der Waals surface area contributed by atoms with Gasteiger partial charge in [-0.2, -0.15) is 0 Å². The lowest BCUT2D eigenvalue weighted by atomic mass is 10.3. The van der Waals surface area contributed by atoms with Crippen LogP contribution in [0.1, 0.15) is 0 Å². The van der Waals surface area contributed by atoms with Crippen LogP contribution in [-0.2, 0) is 0 Å². The van der Waals surface area contributed by atoms with Gasteiger partial charge in [-0.25, -0.2) is 0 Å². The van der Waals surface area contributed by atoms with Crippen molar-refractivity contribution in [1.82, 2.24) is 0 Å². The SMILES string of the molecule is Nc1ccc(OCCNc2ccc(Cl)cc2)cc1. The van der Waals surface area contributed by atoms with Crippen LogP contribution in [0.4, 0.5) is 11.4 Å². The van der Waals surface area contributed by atoms with Gasteiger partial charge in [-0.15, -0.1) is 0 Å². The van der Waals surface area contributed by atoms with Crippen LogP contribution in [0.2, 0.25) is 5.02 Å². The minimum absolute atomic E-state index is 0.590. The van der Waals surface area contributed by atoms with E-state index in [-0.39, 0.29) is 0 Å². The maximum Gasteiger partial charge on any atom is 0.119 e. The molecule has 3 nitrogen and oxygen atoms in total. The van der Waals surface area contributed by atoms with Crippen molar-refractivity contribution in [2.45, 2.75) is 0 Å². The second kappa shape index (κ2) is 6.17. The first-order valence-corrected chi connectivity index (χ1v) is 6.09. The molecule has 0 saturated carbocycles. The standard InChI is InChI=1S/C14H15ClN2O/c15-11-1-5-13(6-2-11)17-9-10-18-14-7-3-12(16)4-8-14/h1-8,17H,9-10,16H2. The molecular formula is C14H15ClN2O. The lowest BCUT2D eigenvalue weighted by molar-refractivity contribution is 0.333. The number of rotatable bonds is 5. The number of ether oxygens (including phenoxy) is 1. The van der Waals surface area contributed by atoms with Crippen LogP contribution in [0.15, 0.2) is 48.5 Å². The topological polar surface area (TPSA) is 47.3 Å². The van der Waals surface area contributed by atoms with Gasteiger partial charge in [0.15, 0.2) is 0 Å². The predicted octanol–water partition coefficient (Wildman–Crippen LogP) is 3.41. The lowest BCUT2D eigenvalue weighted by Gasteiger charge is -2.08. The van der Waals surface area contributed by atoms with Crippen molar-refractivity contribution in [2.24, 2.45) is 0 Å². The molecule has 0 radical (unpaired) electrons. The Balaban J connectivity index is 1.73. The van der Waals surface area contributed by atoms with Gasteiger partial charge in [0.1, 0.15) is 12.4 Å². The monoisotopic (exact) mass is 262 g/mol. The highest BCUT2D eigenvalue weighted by Crippen LogP contribution is 2.14. The van der Waals surface area contributed by atoms with E-state index in [1.165, 1.54) is 0 Å². The molecule has 4 heteroatoms. The summed E-state index contributed by atoms with van der Waals surface area (Å²) in [4.78, 5) is 0. The second-order valence-corrected chi connectivity index (χ2v) is 4.29. The molecule has 2 aromatic carbocycles. The summed E-state index contributed by atoms with van der Waals surface area (Å²) in [6, 6.07) is 14.9. The third-order valence-corrected chi connectivity index (χ3v) is 2.68. The maximum absolute atomic E-state index is 5.80. The number of nitrogens with two attached hydrogens (primary N) is 1. The highest BCUT2D eigenvalue weighted by atomic mass is 35.5. The van der Waals surface area contributed by atoms with Crippen molar-refractivity contribution in [3.05, 3.63) is 53.6 Å². The van der Waals surface area contributed by atoms with Crippen molar-refractivity contribution >= 4 is 23.0 Å². The van der Waals surface area contributed by atoms with Gasteiger partial charge >= 0.3 is 0 Å². The Bertz CT molecular complexity index is 435. The second-order valence-electron chi connectivity index (χ2n) is 3.85. The van der Waals surface area contributed by atoms with Gasteiger partial charge < -0.3 is 15.8 Å². The quantitative estimate of drug-likeness (QED) is 0.641. The Morgan fingerprint density at radius 3 is 2.33 bits per heavy atom. The molecule has 0 spiro atoms. The Kier molecular flexibility index (Phi) is 4.31. The summed E-state index contributed by atoms with van der Waals surface area (Å²) in [5, 5.41) is 3.98. The average molecular weight is 263 g/mol. The van der Waals surface area contributed by atoms with Crippen LogP contribution in [0.25, 0.3) is 0 Å². The summed E-state index contributed by atoms with van der Waals surface area (Å²) in [7, 11) is 0. The normalized spacial score (nSPS) is 10.1. The predicted molar refractivity (Wildman–Crippen MR) is 76.3 cm³/mol.